The van der Waals surface area contributed by atoms with Crippen molar-refractivity contribution in [2.24, 2.45) is 5.92 Å². The minimum absolute atomic E-state index is 0.185. The fourth-order valence-electron chi connectivity index (χ4n) is 8.70. The number of hydrogen-bond donors (Lipinski definition) is 3. The van der Waals surface area contributed by atoms with Gasteiger partial charge in [-0.25, -0.2) is 13.2 Å². The molecule has 12 nitrogen and oxygen atoms in total. The third-order valence-corrected chi connectivity index (χ3v) is 13.7. The molecule has 4 unspecified atom stereocenters. The average Bonchev–Trinajstić information content (AvgIpc) is 4.03. The van der Waals surface area contributed by atoms with Gasteiger partial charge in [0, 0.05) is 43.4 Å². The molecule has 2 aromatic rings. The van der Waals surface area contributed by atoms with Crippen molar-refractivity contribution in [2.75, 3.05) is 19.6 Å². The highest BCUT2D eigenvalue weighted by molar-refractivity contribution is 7.91. The molecule has 13 heteroatoms. The van der Waals surface area contributed by atoms with Gasteiger partial charge in [0.2, 0.25) is 21.8 Å². The van der Waals surface area contributed by atoms with Crippen molar-refractivity contribution >= 4 is 33.8 Å². The van der Waals surface area contributed by atoms with E-state index in [1.165, 1.54) is 11.1 Å². The molecule has 5 aliphatic rings. The highest BCUT2D eigenvalue weighted by Gasteiger charge is 2.62. The van der Waals surface area contributed by atoms with Gasteiger partial charge in [-0.15, -0.1) is 0 Å². The first-order chi connectivity index (χ1) is 26.2. The Balaban J connectivity index is 1.19. The zero-order valence-electron chi connectivity index (χ0n) is 32.1. The fraction of sp³-hybridized carbons (Fsp3) is 0.571. The molecule has 2 saturated heterocycles. The molecule has 3 aliphatic heterocycles. The van der Waals surface area contributed by atoms with Crippen LogP contribution < -0.4 is 15.4 Å². The minimum atomic E-state index is -3.86. The van der Waals surface area contributed by atoms with Crippen molar-refractivity contribution in [3.63, 3.8) is 0 Å². The van der Waals surface area contributed by atoms with E-state index in [1.807, 2.05) is 24.3 Å². The quantitative estimate of drug-likeness (QED) is 0.342. The van der Waals surface area contributed by atoms with Crippen LogP contribution in [0.2, 0.25) is 0 Å². The van der Waals surface area contributed by atoms with Crippen LogP contribution in [0.4, 0.5) is 4.79 Å². The summed E-state index contributed by atoms with van der Waals surface area (Å²) in [5, 5.41) is 5.22. The smallest absolute Gasteiger partial charge is 0.408 e. The molecule has 7 atom stereocenters. The maximum absolute atomic E-state index is 14.7. The second-order valence-electron chi connectivity index (χ2n) is 17.1. The predicted molar refractivity (Wildman–Crippen MR) is 208 cm³/mol. The second kappa shape index (κ2) is 15.7. The number of fused-ring (bicyclic) bond motifs is 2. The number of hydrogen-bond acceptors (Lipinski definition) is 8. The predicted octanol–water partition coefficient (Wildman–Crippen LogP) is 4.74. The SMILES string of the molecule is CC(C)(C)OC(=O)NC1CCCCC/C=C/C2CC2(C(=O)NS(=O)(=O)C2CC2)NC(=O)C2C[C@@H](N3C[C@@H](c4ccccc4)[C@H](c4ccccc4)C3)CN2C1=O. The highest BCUT2D eigenvalue weighted by Crippen LogP contribution is 2.47. The molecule has 3 heterocycles. The van der Waals surface area contributed by atoms with Gasteiger partial charge in [0.1, 0.15) is 23.2 Å². The molecule has 55 heavy (non-hydrogen) atoms. The van der Waals surface area contributed by atoms with Crippen LogP contribution >= 0.6 is 0 Å². The third-order valence-electron chi connectivity index (χ3n) is 11.9. The number of nitrogens with zero attached hydrogens (tertiary/aromatic N) is 2. The van der Waals surface area contributed by atoms with Crippen LogP contribution in [-0.2, 0) is 29.1 Å². The number of ether oxygens (including phenoxy) is 1. The number of carbonyl (C=O) groups excluding carboxylic acids is 4. The monoisotopic (exact) mass is 773 g/mol. The number of allylic oxidation sites excluding steroid dienone is 1. The van der Waals surface area contributed by atoms with Gasteiger partial charge in [-0.2, -0.15) is 0 Å². The van der Waals surface area contributed by atoms with E-state index in [2.05, 4.69) is 68.8 Å². The van der Waals surface area contributed by atoms with E-state index in [0.717, 1.165) is 32.4 Å². The van der Waals surface area contributed by atoms with Gasteiger partial charge in [-0.3, -0.25) is 24.0 Å². The summed E-state index contributed by atoms with van der Waals surface area (Å²) < 4.78 is 33.7. The van der Waals surface area contributed by atoms with Crippen LogP contribution in [0.15, 0.2) is 72.8 Å². The average molecular weight is 774 g/mol. The van der Waals surface area contributed by atoms with Crippen molar-refractivity contribution < 1.29 is 32.3 Å². The molecule has 2 aliphatic carbocycles. The summed E-state index contributed by atoms with van der Waals surface area (Å²) in [7, 11) is -3.86. The Labute approximate surface area is 324 Å². The van der Waals surface area contributed by atoms with E-state index in [-0.39, 0.29) is 42.7 Å². The molecule has 4 amide bonds. The van der Waals surface area contributed by atoms with E-state index in [0.29, 0.717) is 32.1 Å². The zero-order chi connectivity index (χ0) is 39.0. The first-order valence-electron chi connectivity index (χ1n) is 19.9. The molecule has 3 N–H and O–H groups in total. The maximum Gasteiger partial charge on any atom is 0.408 e. The van der Waals surface area contributed by atoms with Gasteiger partial charge in [0.05, 0.1) is 5.25 Å². The fourth-order valence-corrected chi connectivity index (χ4v) is 10.1. The Morgan fingerprint density at radius 3 is 2.11 bits per heavy atom. The lowest BCUT2D eigenvalue weighted by molar-refractivity contribution is -0.141. The molecule has 2 saturated carbocycles. The first-order valence-corrected chi connectivity index (χ1v) is 21.5. The summed E-state index contributed by atoms with van der Waals surface area (Å²) in [6, 6.07) is 18.8. The molecule has 296 valence electrons. The number of carbonyl (C=O) groups is 4. The molecule has 0 radical (unpaired) electrons. The van der Waals surface area contributed by atoms with E-state index in [9.17, 15) is 27.6 Å². The molecule has 4 fully saturated rings. The number of nitrogens with one attached hydrogen (secondary N) is 3. The van der Waals surface area contributed by atoms with E-state index < -0.39 is 56.4 Å². The molecule has 0 spiro atoms. The normalized spacial score (nSPS) is 31.2. The molecular weight excluding hydrogens is 719 g/mol. The van der Waals surface area contributed by atoms with E-state index in [1.54, 1.807) is 25.7 Å². The zero-order valence-corrected chi connectivity index (χ0v) is 32.9. The van der Waals surface area contributed by atoms with Crippen LogP contribution in [-0.4, -0.2) is 96.2 Å². The number of likely N-dealkylation sites (tertiary alicyclic amines) is 1. The molecule has 0 aromatic heterocycles. The van der Waals surface area contributed by atoms with Gasteiger partial charge >= 0.3 is 6.09 Å². The largest absolute Gasteiger partial charge is 0.444 e. The second-order valence-corrected chi connectivity index (χ2v) is 19.1. The van der Waals surface area contributed by atoms with Crippen molar-refractivity contribution in [3.05, 3.63) is 83.9 Å². The molecular formula is C42H55N5O7S. The molecule has 7 rings (SSSR count). The van der Waals surface area contributed by atoms with E-state index in [4.69, 9.17) is 4.74 Å². The summed E-state index contributed by atoms with van der Waals surface area (Å²) >= 11 is 0. The number of sulfonamides is 1. The Morgan fingerprint density at radius 1 is 0.873 bits per heavy atom. The number of amides is 4. The van der Waals surface area contributed by atoms with E-state index >= 15 is 0 Å². The lowest BCUT2D eigenvalue weighted by Gasteiger charge is -2.30. The Morgan fingerprint density at radius 2 is 1.51 bits per heavy atom. The highest BCUT2D eigenvalue weighted by atomic mass is 32.2. The Bertz CT molecular complexity index is 1830. The van der Waals surface area contributed by atoms with Crippen molar-refractivity contribution in [1.82, 2.24) is 25.2 Å². The summed E-state index contributed by atoms with van der Waals surface area (Å²) in [6.45, 7) is 6.99. The van der Waals surface area contributed by atoms with Gasteiger partial charge < -0.3 is 20.3 Å². The number of benzene rings is 2. The lowest BCUT2D eigenvalue weighted by atomic mass is 9.84. The van der Waals surface area contributed by atoms with Crippen molar-refractivity contribution in [2.45, 2.75) is 125 Å². The van der Waals surface area contributed by atoms with Gasteiger partial charge in [0.25, 0.3) is 5.91 Å². The van der Waals surface area contributed by atoms with Gasteiger partial charge in [-0.1, -0.05) is 85.7 Å². The van der Waals surface area contributed by atoms with Crippen LogP contribution in [0.3, 0.4) is 0 Å². The standard InChI is InChI=1S/C42H55N5O7S/c1-41(2,3)54-40(51)43-35-20-14-6-4-5-13-19-30-24-42(30,39(50)45-55(52,53)32-21-22-32)44-37(48)36-23-31(25-47(36)38(35)49)46-26-33(28-15-9-7-10-16-28)34(27-46)29-17-11-8-12-18-29/h7-13,15-19,30-36H,4-6,14,20-27H2,1-3H3,(H,43,51)(H,44,48)(H,45,50)/b19-13+/t30?,31-,33+,34+,35?,36?,42?/m1/s1. The Hall–Kier alpha value is -4.23. The first kappa shape index (κ1) is 39.0. The summed E-state index contributed by atoms with van der Waals surface area (Å²) in [5.41, 5.74) is 0.234. The van der Waals surface area contributed by atoms with Crippen LogP contribution in [0.1, 0.15) is 102 Å². The summed E-state index contributed by atoms with van der Waals surface area (Å²) in [4.78, 5) is 60.2. The number of rotatable bonds is 7. The topological polar surface area (TPSA) is 154 Å². The maximum atomic E-state index is 14.7. The number of alkyl carbamates (subject to hydrolysis) is 1. The van der Waals surface area contributed by atoms with Gasteiger partial charge in [-0.05, 0) is 76.8 Å². The third kappa shape index (κ3) is 8.93. The minimum Gasteiger partial charge on any atom is -0.444 e. The van der Waals surface area contributed by atoms with Gasteiger partial charge in [0.15, 0.2) is 0 Å². The van der Waals surface area contributed by atoms with Crippen molar-refractivity contribution in [3.8, 4) is 0 Å². The molecule has 0 bridgehead atoms. The lowest BCUT2D eigenvalue weighted by Crippen LogP contribution is -2.58. The summed E-state index contributed by atoms with van der Waals surface area (Å²) in [5.74, 6) is -1.62. The van der Waals surface area contributed by atoms with Crippen molar-refractivity contribution in [1.29, 1.82) is 0 Å². The summed E-state index contributed by atoms with van der Waals surface area (Å²) in [6.07, 6.45) is 8.17. The van der Waals surface area contributed by atoms with Crippen LogP contribution in [0.25, 0.3) is 0 Å². The molecule has 2 aromatic carbocycles. The van der Waals surface area contributed by atoms with Crippen LogP contribution in [0, 0.1) is 5.92 Å². The van der Waals surface area contributed by atoms with Crippen LogP contribution in [0.5, 0.6) is 0 Å². The Kier molecular flexibility index (Phi) is 11.2.